The van der Waals surface area contributed by atoms with Gasteiger partial charge in [0.05, 0.1) is 13.2 Å². The van der Waals surface area contributed by atoms with Gasteiger partial charge in [-0.1, -0.05) is 0 Å². The molecule has 1 unspecified atom stereocenters. The van der Waals surface area contributed by atoms with E-state index < -0.39 is 82.5 Å². The molecule has 9 atom stereocenters. The van der Waals surface area contributed by atoms with Gasteiger partial charge in [0.15, 0.2) is 5.25 Å². The number of aliphatic hydroxyl groups excluding tert-OH is 7. The van der Waals surface area contributed by atoms with Gasteiger partial charge < -0.3 is 45.0 Å². The van der Waals surface area contributed by atoms with Gasteiger partial charge in [-0.2, -0.15) is 0 Å². The van der Waals surface area contributed by atoms with Crippen LogP contribution >= 0.6 is 0 Å². The van der Waals surface area contributed by atoms with E-state index in [-0.39, 0.29) is 11.5 Å². The van der Waals surface area contributed by atoms with Crippen LogP contribution in [0.3, 0.4) is 0 Å². The van der Waals surface area contributed by atoms with Crippen LogP contribution in [0.15, 0.2) is 0 Å². The molecule has 27 heavy (non-hydrogen) atoms. The zero-order valence-electron chi connectivity index (χ0n) is 14.4. The Morgan fingerprint density at radius 1 is 1.19 bits per heavy atom. The maximum absolute atomic E-state index is 11.0. The van der Waals surface area contributed by atoms with E-state index >= 15 is 0 Å². The maximum Gasteiger partial charge on any atom is 0.218 e. The maximum atomic E-state index is 11.0. The summed E-state index contributed by atoms with van der Waals surface area (Å²) in [4.78, 5) is 0. The van der Waals surface area contributed by atoms with E-state index in [1.807, 2.05) is 0 Å². The van der Waals surface area contributed by atoms with E-state index in [1.54, 1.807) is 0 Å². The van der Waals surface area contributed by atoms with Gasteiger partial charge >= 0.3 is 0 Å². The van der Waals surface area contributed by atoms with E-state index in [0.717, 1.165) is 7.11 Å². The van der Waals surface area contributed by atoms with Crippen LogP contribution in [0.1, 0.15) is 0 Å². The molecule has 7 N–H and O–H groups in total. The minimum Gasteiger partial charge on any atom is -0.726 e. The van der Waals surface area contributed by atoms with E-state index in [9.17, 15) is 43.6 Å². The minimum absolute atomic E-state index is 0.0566. The van der Waals surface area contributed by atoms with Crippen molar-refractivity contribution in [1.82, 2.24) is 0 Å². The summed E-state index contributed by atoms with van der Waals surface area (Å²) in [5.41, 5.74) is 0. The number of hydrogen-bond acceptors (Lipinski definition) is 12. The molecule has 0 spiro atoms. The Bertz CT molecular complexity index is 545. The summed E-state index contributed by atoms with van der Waals surface area (Å²) in [6.45, 7) is -1.43. The molecule has 0 aromatic rings. The van der Waals surface area contributed by atoms with Gasteiger partial charge in [0, 0.05) is 18.0 Å². The highest BCUT2D eigenvalue weighted by Crippen LogP contribution is 2.27. The number of hydrogen-bond donors (Lipinski definition) is 7. The highest BCUT2D eigenvalue weighted by Gasteiger charge is 2.52. The topological polar surface area (TPSA) is 217 Å². The van der Waals surface area contributed by atoms with Crippen LogP contribution in [0, 0.1) is 0 Å². The second-order valence-corrected chi connectivity index (χ2v) is 9.48. The van der Waals surface area contributed by atoms with Crippen molar-refractivity contribution in [3.63, 3.8) is 0 Å². The fourth-order valence-electron chi connectivity index (χ4n) is 2.80. The summed E-state index contributed by atoms with van der Waals surface area (Å²) >= 11 is 0. The van der Waals surface area contributed by atoms with E-state index in [2.05, 4.69) is 4.18 Å². The molecule has 0 radical (unpaired) electrons. The van der Waals surface area contributed by atoms with E-state index in [0.29, 0.717) is 0 Å². The van der Waals surface area contributed by atoms with E-state index in [4.69, 9.17) is 9.84 Å². The van der Waals surface area contributed by atoms with Crippen molar-refractivity contribution in [3.05, 3.63) is 0 Å². The van der Waals surface area contributed by atoms with Crippen molar-refractivity contribution in [2.24, 2.45) is 0 Å². The first-order valence-electron chi connectivity index (χ1n) is 7.92. The van der Waals surface area contributed by atoms with Crippen molar-refractivity contribution < 1.29 is 57.6 Å². The Morgan fingerprint density at radius 2 is 1.78 bits per heavy atom. The van der Waals surface area contributed by atoms with Gasteiger partial charge in [0.25, 0.3) is 0 Å². The first-order valence-corrected chi connectivity index (χ1v) is 10.9. The van der Waals surface area contributed by atoms with Crippen LogP contribution in [0.4, 0.5) is 0 Å². The van der Waals surface area contributed by atoms with E-state index in [1.165, 1.54) is 0 Å². The average Bonchev–Trinajstić information content (AvgIpc) is 2.88. The molecule has 0 bridgehead atoms. The third-order valence-electron chi connectivity index (χ3n) is 4.31. The second-order valence-electron chi connectivity index (χ2n) is 6.12. The smallest absolute Gasteiger partial charge is 0.218 e. The normalized spacial score (nSPS) is 32.0. The predicted molar refractivity (Wildman–Crippen MR) is 90.5 cm³/mol. The highest BCUT2D eigenvalue weighted by molar-refractivity contribution is 7.97. The molecule has 0 saturated carbocycles. The SMILES string of the molecule is CO[C@H](C[S+]1C[C@@H](O)[C@H](O)[C@H]1CO)[C@@H](OS(=O)(=O)[O-])[C@H](O)[C@H](O)[C@@H](O)CO. The Kier molecular flexibility index (Phi) is 9.80. The predicted octanol–water partition coefficient (Wildman–Crippen LogP) is -5.36. The third kappa shape index (κ3) is 6.73. The fraction of sp³-hybridized carbons (Fsp3) is 1.00. The van der Waals surface area contributed by atoms with Gasteiger partial charge in [-0.25, -0.2) is 8.42 Å². The van der Waals surface area contributed by atoms with Crippen molar-refractivity contribution >= 4 is 21.3 Å². The molecule has 1 saturated heterocycles. The van der Waals surface area contributed by atoms with Crippen molar-refractivity contribution in [1.29, 1.82) is 0 Å². The Hall–Kier alpha value is -0.100. The molecular formula is C13H26O12S2. The van der Waals surface area contributed by atoms with Crippen LogP contribution in [-0.2, 0) is 30.2 Å². The molecule has 14 heteroatoms. The van der Waals surface area contributed by atoms with Crippen LogP contribution in [0.2, 0.25) is 0 Å². The molecule has 12 nitrogen and oxygen atoms in total. The summed E-state index contributed by atoms with van der Waals surface area (Å²) in [5, 5.41) is 66.6. The molecular weight excluding hydrogens is 412 g/mol. The Balaban J connectivity index is 3.06. The molecule has 0 aromatic heterocycles. The summed E-state index contributed by atoms with van der Waals surface area (Å²) < 4.78 is 42.5. The van der Waals surface area contributed by atoms with Gasteiger partial charge in [-0.05, 0) is 0 Å². The Labute approximate surface area is 159 Å². The van der Waals surface area contributed by atoms with Gasteiger partial charge in [-0.3, -0.25) is 4.18 Å². The van der Waals surface area contributed by atoms with Crippen molar-refractivity contribution in [2.75, 3.05) is 31.8 Å². The third-order valence-corrected chi connectivity index (χ3v) is 7.58. The molecule has 0 amide bonds. The van der Waals surface area contributed by atoms with Gasteiger partial charge in [0.2, 0.25) is 10.4 Å². The zero-order valence-corrected chi connectivity index (χ0v) is 16.1. The van der Waals surface area contributed by atoms with Gasteiger partial charge in [0.1, 0.15) is 54.2 Å². The number of rotatable bonds is 11. The minimum atomic E-state index is -5.35. The largest absolute Gasteiger partial charge is 0.726 e. The molecule has 1 heterocycles. The second kappa shape index (κ2) is 10.6. The quantitative estimate of drug-likeness (QED) is 0.0913. The average molecular weight is 438 g/mol. The first kappa shape index (κ1) is 24.9. The lowest BCUT2D eigenvalue weighted by Gasteiger charge is -2.33. The lowest BCUT2D eigenvalue weighted by Crippen LogP contribution is -2.54. The lowest BCUT2D eigenvalue weighted by atomic mass is 10.00. The summed E-state index contributed by atoms with van der Waals surface area (Å²) in [6, 6.07) is 0. The zero-order chi connectivity index (χ0) is 20.9. The molecule has 1 aliphatic heterocycles. The molecule has 0 aromatic carbocycles. The Morgan fingerprint density at radius 3 is 2.22 bits per heavy atom. The van der Waals surface area contributed by atoms with Crippen LogP contribution in [0.5, 0.6) is 0 Å². The van der Waals surface area contributed by atoms with Crippen LogP contribution in [0.25, 0.3) is 0 Å². The van der Waals surface area contributed by atoms with Crippen LogP contribution < -0.4 is 0 Å². The molecule has 1 rings (SSSR count). The summed E-state index contributed by atoms with van der Waals surface area (Å²) in [5.74, 6) is -0.0734. The highest BCUT2D eigenvalue weighted by atomic mass is 32.3. The number of ether oxygens (including phenoxy) is 1. The molecule has 1 aliphatic rings. The van der Waals surface area contributed by atoms with Gasteiger partial charge in [-0.15, -0.1) is 0 Å². The molecule has 162 valence electrons. The summed E-state index contributed by atoms with van der Waals surface area (Å²) in [6.07, 6.45) is -11.6. The molecule has 1 fully saturated rings. The lowest BCUT2D eigenvalue weighted by molar-refractivity contribution is -0.134. The fourth-order valence-corrected chi connectivity index (χ4v) is 6.11. The van der Waals surface area contributed by atoms with Crippen molar-refractivity contribution in [3.8, 4) is 0 Å². The number of aliphatic hydroxyl groups is 7. The monoisotopic (exact) mass is 438 g/mol. The standard InChI is InChI=1S/C13H26O12S2/c1-24-8(5-26-4-7(17)10(18)9(26)3-15)13(25-27(21,22)23)12(20)11(19)6(16)2-14/h6-20H,2-5H2,1H3/t6-,7+,8+,9+,10-,11+,12+,13+,26?/m0/s1. The number of methoxy groups -OCH3 is 1. The summed E-state index contributed by atoms with van der Waals surface area (Å²) in [7, 11) is -5.15. The molecule has 0 aliphatic carbocycles. The van der Waals surface area contributed by atoms with Crippen LogP contribution in [-0.4, -0.2) is 129 Å². The van der Waals surface area contributed by atoms with Crippen molar-refractivity contribution in [2.45, 2.75) is 48.0 Å². The first-order chi connectivity index (χ1) is 12.5.